The fourth-order valence-electron chi connectivity index (χ4n) is 2.63. The number of fused-ring (bicyclic) bond motifs is 1. The summed E-state index contributed by atoms with van der Waals surface area (Å²) in [4.78, 5) is 0. The van der Waals surface area contributed by atoms with E-state index in [2.05, 4.69) is 37.9 Å². The lowest BCUT2D eigenvalue weighted by Crippen LogP contribution is -2.01. The van der Waals surface area contributed by atoms with Gasteiger partial charge in [-0.2, -0.15) is 0 Å². The van der Waals surface area contributed by atoms with E-state index in [4.69, 9.17) is 0 Å². The molecule has 0 saturated heterocycles. The van der Waals surface area contributed by atoms with Crippen molar-refractivity contribution in [1.29, 1.82) is 0 Å². The van der Waals surface area contributed by atoms with Crippen LogP contribution in [0.1, 0.15) is 22.8 Å². The minimum atomic E-state index is -0.640. The van der Waals surface area contributed by atoms with Crippen LogP contribution in [0.2, 0.25) is 0 Å². The Labute approximate surface area is 140 Å². The molecule has 0 aliphatic heterocycles. The minimum Gasteiger partial charge on any atom is -0.384 e. The summed E-state index contributed by atoms with van der Waals surface area (Å²) >= 11 is 7.07. The van der Waals surface area contributed by atoms with Crippen molar-refractivity contribution in [2.75, 3.05) is 0 Å². The Morgan fingerprint density at radius 3 is 2.33 bits per heavy atom. The Morgan fingerprint density at radius 1 is 0.905 bits per heavy atom. The smallest absolute Gasteiger partial charge is 0.105 e. The zero-order valence-electron chi connectivity index (χ0n) is 11.5. The highest BCUT2D eigenvalue weighted by Crippen LogP contribution is 2.34. The molecule has 0 bridgehead atoms. The highest BCUT2D eigenvalue weighted by molar-refractivity contribution is 9.11. The van der Waals surface area contributed by atoms with Crippen LogP contribution in [0.4, 0.5) is 0 Å². The molecule has 0 amide bonds. The quantitative estimate of drug-likeness (QED) is 0.574. The highest BCUT2D eigenvalue weighted by atomic mass is 79.9. The maximum Gasteiger partial charge on any atom is 0.105 e. The molecular formula is C18H14Br2O. The van der Waals surface area contributed by atoms with E-state index in [0.29, 0.717) is 0 Å². The number of rotatable bonds is 2. The predicted octanol–water partition coefficient (Wildman–Crippen LogP) is 5.75. The van der Waals surface area contributed by atoms with Crippen molar-refractivity contribution in [2.45, 2.75) is 13.0 Å². The average molecular weight is 406 g/mol. The first kappa shape index (κ1) is 14.8. The first-order chi connectivity index (χ1) is 10.1. The van der Waals surface area contributed by atoms with E-state index in [1.165, 1.54) is 0 Å². The van der Waals surface area contributed by atoms with Crippen molar-refractivity contribution in [1.82, 2.24) is 0 Å². The summed E-state index contributed by atoms with van der Waals surface area (Å²) in [6.45, 7) is 2.03. The molecule has 3 aromatic rings. The van der Waals surface area contributed by atoms with E-state index < -0.39 is 6.10 Å². The van der Waals surface area contributed by atoms with Gasteiger partial charge in [-0.05, 0) is 52.6 Å². The van der Waals surface area contributed by atoms with Gasteiger partial charge in [-0.15, -0.1) is 0 Å². The first-order valence-electron chi connectivity index (χ1n) is 6.68. The Morgan fingerprint density at radius 2 is 1.62 bits per heavy atom. The molecular weight excluding hydrogens is 392 g/mol. The largest absolute Gasteiger partial charge is 0.384 e. The molecule has 3 heteroatoms. The third-order valence-electron chi connectivity index (χ3n) is 3.58. The molecule has 1 atom stereocenters. The first-order valence-corrected chi connectivity index (χ1v) is 8.27. The second-order valence-corrected chi connectivity index (χ2v) is 6.92. The summed E-state index contributed by atoms with van der Waals surface area (Å²) in [5.41, 5.74) is 2.94. The number of benzene rings is 3. The van der Waals surface area contributed by atoms with E-state index in [0.717, 1.165) is 36.4 Å². The number of hydrogen-bond donors (Lipinski definition) is 1. The zero-order valence-corrected chi connectivity index (χ0v) is 14.6. The Kier molecular flexibility index (Phi) is 4.16. The van der Waals surface area contributed by atoms with E-state index in [1.807, 2.05) is 55.5 Å². The number of aliphatic hydroxyl groups excluding tert-OH is 1. The van der Waals surface area contributed by atoms with Crippen LogP contribution in [0.5, 0.6) is 0 Å². The summed E-state index contributed by atoms with van der Waals surface area (Å²) < 4.78 is 2.03. The monoisotopic (exact) mass is 404 g/mol. The van der Waals surface area contributed by atoms with Gasteiger partial charge in [0.2, 0.25) is 0 Å². The van der Waals surface area contributed by atoms with E-state index >= 15 is 0 Å². The summed E-state index contributed by atoms with van der Waals surface area (Å²) in [6.07, 6.45) is -0.640. The van der Waals surface area contributed by atoms with Gasteiger partial charge in [-0.25, -0.2) is 0 Å². The zero-order chi connectivity index (χ0) is 15.0. The summed E-state index contributed by atoms with van der Waals surface area (Å²) in [6, 6.07) is 18.1. The van der Waals surface area contributed by atoms with Crippen molar-refractivity contribution in [3.63, 3.8) is 0 Å². The fraction of sp³-hybridized carbons (Fsp3) is 0.111. The molecule has 1 nitrogen and oxygen atoms in total. The van der Waals surface area contributed by atoms with Gasteiger partial charge >= 0.3 is 0 Å². The van der Waals surface area contributed by atoms with Gasteiger partial charge in [-0.3, -0.25) is 0 Å². The van der Waals surface area contributed by atoms with E-state index in [-0.39, 0.29) is 0 Å². The second kappa shape index (κ2) is 5.91. The SMILES string of the molecule is Cc1cc(Br)cc(C(O)c2ccc(Br)c3ccccc23)c1. The van der Waals surface area contributed by atoms with Crippen LogP contribution in [0.25, 0.3) is 10.8 Å². The second-order valence-electron chi connectivity index (χ2n) is 5.15. The Hall–Kier alpha value is -1.16. The summed E-state index contributed by atoms with van der Waals surface area (Å²) in [5, 5.41) is 13.0. The molecule has 3 rings (SSSR count). The Balaban J connectivity index is 2.18. The van der Waals surface area contributed by atoms with Gasteiger partial charge in [0, 0.05) is 8.95 Å². The molecule has 0 spiro atoms. The van der Waals surface area contributed by atoms with Crippen LogP contribution in [0, 0.1) is 6.92 Å². The van der Waals surface area contributed by atoms with Gasteiger partial charge in [0.05, 0.1) is 0 Å². The molecule has 0 radical (unpaired) electrons. The van der Waals surface area contributed by atoms with Gasteiger partial charge in [0.15, 0.2) is 0 Å². The number of halogens is 2. The van der Waals surface area contributed by atoms with E-state index in [1.54, 1.807) is 0 Å². The maximum absolute atomic E-state index is 10.8. The summed E-state index contributed by atoms with van der Waals surface area (Å²) in [5.74, 6) is 0. The minimum absolute atomic E-state index is 0.640. The number of aryl methyl sites for hydroxylation is 1. The van der Waals surface area contributed by atoms with Crippen LogP contribution < -0.4 is 0 Å². The number of hydrogen-bond acceptors (Lipinski definition) is 1. The van der Waals surface area contributed by atoms with Crippen LogP contribution in [-0.2, 0) is 0 Å². The fourth-order valence-corrected chi connectivity index (χ4v) is 3.73. The molecule has 106 valence electrons. The van der Waals surface area contributed by atoms with Gasteiger partial charge < -0.3 is 5.11 Å². The van der Waals surface area contributed by atoms with Crippen molar-refractivity contribution in [2.24, 2.45) is 0 Å². The lowest BCUT2D eigenvalue weighted by molar-refractivity contribution is 0.221. The topological polar surface area (TPSA) is 20.2 Å². The molecule has 0 saturated carbocycles. The highest BCUT2D eigenvalue weighted by Gasteiger charge is 2.15. The molecule has 3 aromatic carbocycles. The molecule has 1 N–H and O–H groups in total. The molecule has 21 heavy (non-hydrogen) atoms. The van der Waals surface area contributed by atoms with Crippen LogP contribution in [-0.4, -0.2) is 5.11 Å². The molecule has 0 heterocycles. The third-order valence-corrected chi connectivity index (χ3v) is 4.73. The molecule has 0 aliphatic carbocycles. The van der Waals surface area contributed by atoms with Crippen molar-refractivity contribution in [3.8, 4) is 0 Å². The van der Waals surface area contributed by atoms with Gasteiger partial charge in [0.1, 0.15) is 6.10 Å². The molecule has 0 aliphatic rings. The molecule has 1 unspecified atom stereocenters. The van der Waals surface area contributed by atoms with Crippen molar-refractivity contribution in [3.05, 3.63) is 80.2 Å². The summed E-state index contributed by atoms with van der Waals surface area (Å²) in [7, 11) is 0. The van der Waals surface area contributed by atoms with Crippen molar-refractivity contribution < 1.29 is 5.11 Å². The van der Waals surface area contributed by atoms with E-state index in [9.17, 15) is 5.11 Å². The average Bonchev–Trinajstić information content (AvgIpc) is 2.46. The maximum atomic E-state index is 10.8. The normalized spacial score (nSPS) is 12.6. The number of aliphatic hydroxyl groups is 1. The van der Waals surface area contributed by atoms with Crippen molar-refractivity contribution >= 4 is 42.6 Å². The Bertz CT molecular complexity index is 791. The van der Waals surface area contributed by atoms with Crippen LogP contribution in [0.3, 0.4) is 0 Å². The van der Waals surface area contributed by atoms with Crippen LogP contribution >= 0.6 is 31.9 Å². The lowest BCUT2D eigenvalue weighted by atomic mass is 9.95. The standard InChI is InChI=1S/C18H14Br2O/c1-11-8-12(10-13(19)9-11)18(21)16-6-7-17(20)15-5-3-2-4-14(15)16/h2-10,18,21H,1H3. The van der Waals surface area contributed by atoms with Crippen LogP contribution in [0.15, 0.2) is 63.5 Å². The molecule has 0 aromatic heterocycles. The third kappa shape index (κ3) is 2.91. The van der Waals surface area contributed by atoms with Gasteiger partial charge in [-0.1, -0.05) is 68.3 Å². The molecule has 0 fully saturated rings. The lowest BCUT2D eigenvalue weighted by Gasteiger charge is -2.16. The van der Waals surface area contributed by atoms with Gasteiger partial charge in [0.25, 0.3) is 0 Å². The predicted molar refractivity (Wildman–Crippen MR) is 94.6 cm³/mol.